The van der Waals surface area contributed by atoms with Gasteiger partial charge in [-0.3, -0.25) is 5.32 Å². The molecule has 0 aromatic carbocycles. The van der Waals surface area contributed by atoms with Crippen LogP contribution < -0.4 is 56.7 Å². The van der Waals surface area contributed by atoms with E-state index in [-0.39, 0.29) is 51.4 Å². The standard InChI is InChI=1S/C8H14N3O.K/c1-3-10-8(12)7-4-6(9)5-11(7)2;/h4-5,8-10,12H,3H2,1-2H3;/q-1;+1. The first-order chi connectivity index (χ1) is 5.65. The van der Waals surface area contributed by atoms with E-state index in [2.05, 4.69) is 5.32 Å². The normalized spacial score (nSPS) is 12.2. The fourth-order valence-electron chi connectivity index (χ4n) is 1.15. The van der Waals surface area contributed by atoms with Crippen molar-refractivity contribution in [3.8, 4) is 0 Å². The van der Waals surface area contributed by atoms with Crippen molar-refractivity contribution < 1.29 is 56.5 Å². The van der Waals surface area contributed by atoms with Crippen LogP contribution in [0.2, 0.25) is 0 Å². The zero-order valence-electron chi connectivity index (χ0n) is 8.33. The first-order valence-corrected chi connectivity index (χ1v) is 3.94. The maximum absolute atomic E-state index is 9.50. The van der Waals surface area contributed by atoms with Crippen molar-refractivity contribution in [3.63, 3.8) is 0 Å². The summed E-state index contributed by atoms with van der Waals surface area (Å²) < 4.78 is 1.75. The van der Waals surface area contributed by atoms with Gasteiger partial charge in [-0.25, -0.2) is 0 Å². The fraction of sp³-hybridized carbons (Fsp3) is 0.500. The van der Waals surface area contributed by atoms with Crippen LogP contribution in [0, 0.1) is 0 Å². The molecule has 1 rings (SSSR count). The molecule has 0 aliphatic carbocycles. The molecule has 4 nitrogen and oxygen atoms in total. The van der Waals surface area contributed by atoms with Crippen molar-refractivity contribution >= 4 is 5.69 Å². The van der Waals surface area contributed by atoms with E-state index in [0.29, 0.717) is 12.2 Å². The Morgan fingerprint density at radius 3 is 2.69 bits per heavy atom. The molecular weight excluding hydrogens is 193 g/mol. The molecule has 0 radical (unpaired) electrons. The van der Waals surface area contributed by atoms with Crippen LogP contribution in [0.4, 0.5) is 5.69 Å². The van der Waals surface area contributed by atoms with Crippen LogP contribution in [0.1, 0.15) is 18.8 Å². The van der Waals surface area contributed by atoms with E-state index >= 15 is 0 Å². The van der Waals surface area contributed by atoms with Crippen LogP contribution in [0.5, 0.6) is 0 Å². The van der Waals surface area contributed by atoms with Crippen molar-refractivity contribution in [1.29, 1.82) is 0 Å². The van der Waals surface area contributed by atoms with E-state index in [1.807, 2.05) is 14.0 Å². The molecule has 68 valence electrons. The number of aliphatic hydroxyl groups excluding tert-OH is 1. The van der Waals surface area contributed by atoms with Crippen molar-refractivity contribution in [3.05, 3.63) is 23.7 Å². The average Bonchev–Trinajstić information content (AvgIpc) is 2.30. The number of aryl methyl sites for hydroxylation is 1. The molecule has 1 unspecified atom stereocenters. The maximum Gasteiger partial charge on any atom is 1.00 e. The molecule has 1 aromatic rings. The molecule has 0 saturated carbocycles. The molecule has 13 heavy (non-hydrogen) atoms. The topological polar surface area (TPSA) is 61.0 Å². The van der Waals surface area contributed by atoms with Gasteiger partial charge in [0.05, 0.1) is 5.69 Å². The van der Waals surface area contributed by atoms with Crippen molar-refractivity contribution in [2.75, 3.05) is 6.54 Å². The van der Waals surface area contributed by atoms with E-state index in [9.17, 15) is 5.11 Å². The SMILES string of the molecule is CCNC(O)c1cc([NH-])cn1C.[K+]. The van der Waals surface area contributed by atoms with Crippen LogP contribution >= 0.6 is 0 Å². The van der Waals surface area contributed by atoms with Crippen LogP contribution in [0.25, 0.3) is 5.73 Å². The molecular formula is C8H14KN3O. The number of nitrogens with one attached hydrogen (secondary N) is 2. The third-order valence-electron chi connectivity index (χ3n) is 1.72. The number of aromatic nitrogens is 1. The number of rotatable bonds is 3. The van der Waals surface area contributed by atoms with Crippen molar-refractivity contribution in [1.82, 2.24) is 9.88 Å². The Hall–Kier alpha value is 0.636. The first-order valence-electron chi connectivity index (χ1n) is 3.94. The molecule has 1 heterocycles. The van der Waals surface area contributed by atoms with Gasteiger partial charge in [0.15, 0.2) is 0 Å². The second-order valence-corrected chi connectivity index (χ2v) is 2.72. The Labute approximate surface area is 121 Å². The molecule has 0 bridgehead atoms. The Morgan fingerprint density at radius 2 is 2.31 bits per heavy atom. The predicted octanol–water partition coefficient (Wildman–Crippen LogP) is -1.69. The van der Waals surface area contributed by atoms with Crippen molar-refractivity contribution in [2.45, 2.75) is 13.2 Å². The van der Waals surface area contributed by atoms with Gasteiger partial charge in [0.2, 0.25) is 0 Å². The monoisotopic (exact) mass is 207 g/mol. The van der Waals surface area contributed by atoms with Crippen LogP contribution in [0.15, 0.2) is 12.3 Å². The van der Waals surface area contributed by atoms with Gasteiger partial charge < -0.3 is 15.4 Å². The summed E-state index contributed by atoms with van der Waals surface area (Å²) in [5.41, 5.74) is 8.47. The van der Waals surface area contributed by atoms with E-state index in [0.717, 1.165) is 5.69 Å². The summed E-state index contributed by atoms with van der Waals surface area (Å²) >= 11 is 0. The molecule has 1 aromatic heterocycles. The molecule has 0 amide bonds. The second-order valence-electron chi connectivity index (χ2n) is 2.72. The molecule has 1 atom stereocenters. The van der Waals surface area contributed by atoms with E-state index in [1.165, 1.54) is 0 Å². The maximum atomic E-state index is 9.50. The van der Waals surface area contributed by atoms with E-state index < -0.39 is 6.23 Å². The molecule has 0 fully saturated rings. The summed E-state index contributed by atoms with van der Waals surface area (Å²) in [7, 11) is 1.81. The zero-order chi connectivity index (χ0) is 9.14. The first kappa shape index (κ1) is 13.6. The Bertz CT molecular complexity index is 262. The summed E-state index contributed by atoms with van der Waals surface area (Å²) in [5, 5.41) is 12.4. The van der Waals surface area contributed by atoms with Gasteiger partial charge in [0, 0.05) is 7.05 Å². The third-order valence-corrected chi connectivity index (χ3v) is 1.72. The summed E-state index contributed by atoms with van der Waals surface area (Å²) in [6, 6.07) is 1.65. The average molecular weight is 207 g/mol. The van der Waals surface area contributed by atoms with Crippen LogP contribution in [0.3, 0.4) is 0 Å². The summed E-state index contributed by atoms with van der Waals surface area (Å²) in [5.74, 6) is 0. The summed E-state index contributed by atoms with van der Waals surface area (Å²) in [6.07, 6.45) is 0.995. The van der Waals surface area contributed by atoms with Gasteiger partial charge in [-0.1, -0.05) is 13.0 Å². The molecule has 0 aliphatic rings. The van der Waals surface area contributed by atoms with Gasteiger partial charge in [0.25, 0.3) is 0 Å². The number of aliphatic hydroxyl groups is 1. The fourth-order valence-corrected chi connectivity index (χ4v) is 1.15. The second kappa shape index (κ2) is 6.18. The Morgan fingerprint density at radius 1 is 1.69 bits per heavy atom. The number of hydrogen-bond acceptors (Lipinski definition) is 2. The number of hydrogen-bond donors (Lipinski definition) is 2. The Kier molecular flexibility index (Phi) is 6.48. The summed E-state index contributed by atoms with van der Waals surface area (Å²) in [4.78, 5) is 0. The molecule has 3 N–H and O–H groups in total. The van der Waals surface area contributed by atoms with E-state index in [1.54, 1.807) is 16.8 Å². The largest absolute Gasteiger partial charge is 1.00 e. The number of nitrogens with zero attached hydrogens (tertiary/aromatic N) is 1. The zero-order valence-corrected chi connectivity index (χ0v) is 11.5. The summed E-state index contributed by atoms with van der Waals surface area (Å²) in [6.45, 7) is 2.63. The molecule has 5 heteroatoms. The van der Waals surface area contributed by atoms with E-state index in [4.69, 9.17) is 5.73 Å². The predicted molar refractivity (Wildman–Crippen MR) is 48.0 cm³/mol. The van der Waals surface area contributed by atoms with Crippen LogP contribution in [-0.2, 0) is 7.05 Å². The Balaban J connectivity index is 0.00000144. The molecule has 0 spiro atoms. The minimum absolute atomic E-state index is 0. The molecule has 0 aliphatic heterocycles. The van der Waals surface area contributed by atoms with Crippen molar-refractivity contribution in [2.24, 2.45) is 7.05 Å². The van der Waals surface area contributed by atoms with Gasteiger partial charge in [-0.15, -0.1) is 5.69 Å². The smallest absolute Gasteiger partial charge is 0.697 e. The quantitative estimate of drug-likeness (QED) is 0.459. The van der Waals surface area contributed by atoms with Gasteiger partial charge in [-0.2, -0.15) is 0 Å². The van der Waals surface area contributed by atoms with Gasteiger partial charge in [0.1, 0.15) is 6.23 Å². The van der Waals surface area contributed by atoms with Crippen LogP contribution in [-0.4, -0.2) is 16.2 Å². The van der Waals surface area contributed by atoms with Gasteiger partial charge in [-0.05, 0) is 12.7 Å². The third kappa shape index (κ3) is 3.71. The minimum Gasteiger partial charge on any atom is -0.697 e. The molecule has 0 saturated heterocycles. The minimum atomic E-state index is -0.668. The van der Waals surface area contributed by atoms with Gasteiger partial charge >= 0.3 is 51.4 Å².